The van der Waals surface area contributed by atoms with E-state index in [0.29, 0.717) is 22.2 Å². The second-order valence-electron chi connectivity index (χ2n) is 9.45. The van der Waals surface area contributed by atoms with E-state index in [9.17, 15) is 14.4 Å². The van der Waals surface area contributed by atoms with Crippen LogP contribution in [0.3, 0.4) is 0 Å². The number of nitrogens with one attached hydrogen (secondary N) is 1. The van der Waals surface area contributed by atoms with E-state index in [4.69, 9.17) is 5.73 Å². The summed E-state index contributed by atoms with van der Waals surface area (Å²) >= 11 is 0. The standard InChI is InChI=1S/C26H30N6O3/c1-17-3-4-18(25(34)29-19-5-6-19)13-23(17)32-16-28-22-8-7-20(14-21(22)26(32)35)31-10-2-9-30(11-12-31)15-24(27)33/h3-4,7-8,13-14,16,19H,2,5-6,9-12,15H2,1H3,(H2,27,33)(H,29,34). The Hall–Kier alpha value is -3.72. The lowest BCUT2D eigenvalue weighted by atomic mass is 10.1. The van der Waals surface area contributed by atoms with Crippen molar-refractivity contribution in [3.63, 3.8) is 0 Å². The summed E-state index contributed by atoms with van der Waals surface area (Å²) in [6, 6.07) is 11.4. The second-order valence-corrected chi connectivity index (χ2v) is 9.45. The largest absolute Gasteiger partial charge is 0.370 e. The number of amides is 2. The van der Waals surface area contributed by atoms with Crippen LogP contribution in [0, 0.1) is 6.92 Å². The monoisotopic (exact) mass is 474 g/mol. The normalized spacial score (nSPS) is 16.8. The van der Waals surface area contributed by atoms with E-state index in [-0.39, 0.29) is 30.0 Å². The molecule has 2 heterocycles. The molecule has 0 radical (unpaired) electrons. The van der Waals surface area contributed by atoms with Gasteiger partial charge in [0, 0.05) is 43.5 Å². The first-order valence-electron chi connectivity index (χ1n) is 12.1. The topological polar surface area (TPSA) is 114 Å². The lowest BCUT2D eigenvalue weighted by molar-refractivity contribution is -0.119. The molecular weight excluding hydrogens is 444 g/mol. The van der Waals surface area contributed by atoms with Crippen molar-refractivity contribution < 1.29 is 9.59 Å². The van der Waals surface area contributed by atoms with Gasteiger partial charge in [-0.1, -0.05) is 6.07 Å². The Labute approximate surface area is 203 Å². The van der Waals surface area contributed by atoms with Gasteiger partial charge in [-0.15, -0.1) is 0 Å². The summed E-state index contributed by atoms with van der Waals surface area (Å²) in [7, 11) is 0. The summed E-state index contributed by atoms with van der Waals surface area (Å²) in [4.78, 5) is 46.3. The Kier molecular flexibility index (Phi) is 6.25. The van der Waals surface area contributed by atoms with E-state index in [1.165, 1.54) is 10.9 Å². The van der Waals surface area contributed by atoms with Crippen LogP contribution >= 0.6 is 0 Å². The summed E-state index contributed by atoms with van der Waals surface area (Å²) in [5.41, 5.74) is 8.82. The molecule has 2 fully saturated rings. The van der Waals surface area contributed by atoms with Crippen LogP contribution in [-0.2, 0) is 4.79 Å². The quantitative estimate of drug-likeness (QED) is 0.561. The Morgan fingerprint density at radius 3 is 2.69 bits per heavy atom. The molecule has 0 atom stereocenters. The van der Waals surface area contributed by atoms with Gasteiger partial charge in [-0.3, -0.25) is 23.9 Å². The predicted molar refractivity (Wildman–Crippen MR) is 135 cm³/mol. The molecule has 1 saturated heterocycles. The summed E-state index contributed by atoms with van der Waals surface area (Å²) in [6.07, 6.45) is 4.46. The fourth-order valence-corrected chi connectivity index (χ4v) is 4.59. The average molecular weight is 475 g/mol. The third kappa shape index (κ3) is 5.05. The number of rotatable bonds is 6. The molecule has 35 heavy (non-hydrogen) atoms. The Balaban J connectivity index is 1.46. The fourth-order valence-electron chi connectivity index (χ4n) is 4.59. The Morgan fingerprint density at radius 2 is 1.91 bits per heavy atom. The number of fused-ring (bicyclic) bond motifs is 1. The third-order valence-corrected chi connectivity index (χ3v) is 6.72. The molecule has 0 spiro atoms. The summed E-state index contributed by atoms with van der Waals surface area (Å²) in [5.74, 6) is -0.440. The van der Waals surface area contributed by atoms with Crippen LogP contribution in [0.4, 0.5) is 5.69 Å². The SMILES string of the molecule is Cc1ccc(C(=O)NC2CC2)cc1-n1cnc2ccc(N3CCCN(CC(N)=O)CC3)cc2c1=O. The maximum atomic E-state index is 13.6. The molecule has 2 aromatic carbocycles. The maximum absolute atomic E-state index is 13.6. The number of hydrogen-bond acceptors (Lipinski definition) is 6. The number of nitrogens with two attached hydrogens (primary N) is 1. The first kappa shape index (κ1) is 23.0. The number of carbonyl (C=O) groups excluding carboxylic acids is 2. The molecule has 0 bridgehead atoms. The highest BCUT2D eigenvalue weighted by Gasteiger charge is 2.24. The van der Waals surface area contributed by atoms with E-state index in [1.807, 2.05) is 31.2 Å². The van der Waals surface area contributed by atoms with Gasteiger partial charge in [0.15, 0.2) is 0 Å². The van der Waals surface area contributed by atoms with Crippen molar-refractivity contribution >= 4 is 28.4 Å². The molecule has 9 nitrogen and oxygen atoms in total. The molecule has 1 aliphatic carbocycles. The number of aryl methyl sites for hydroxylation is 1. The molecule has 0 unspecified atom stereocenters. The van der Waals surface area contributed by atoms with Crippen molar-refractivity contribution in [2.24, 2.45) is 5.73 Å². The number of anilines is 1. The van der Waals surface area contributed by atoms with Crippen LogP contribution < -0.4 is 21.5 Å². The first-order valence-corrected chi connectivity index (χ1v) is 12.1. The Bertz CT molecular complexity index is 1350. The van der Waals surface area contributed by atoms with Crippen LogP contribution in [0.5, 0.6) is 0 Å². The van der Waals surface area contributed by atoms with E-state index in [2.05, 4.69) is 20.1 Å². The van der Waals surface area contributed by atoms with E-state index in [1.54, 1.807) is 12.1 Å². The smallest absolute Gasteiger partial charge is 0.265 e. The minimum atomic E-state index is -0.319. The van der Waals surface area contributed by atoms with Crippen molar-refractivity contribution in [1.29, 1.82) is 0 Å². The average Bonchev–Trinajstić information content (AvgIpc) is 3.67. The molecule has 2 amide bonds. The van der Waals surface area contributed by atoms with Gasteiger partial charge in [0.25, 0.3) is 11.5 Å². The third-order valence-electron chi connectivity index (χ3n) is 6.72. The van der Waals surface area contributed by atoms with Crippen molar-refractivity contribution in [2.75, 3.05) is 37.6 Å². The zero-order valence-corrected chi connectivity index (χ0v) is 19.9. The van der Waals surface area contributed by atoms with Gasteiger partial charge in [0.05, 0.1) is 23.1 Å². The molecule has 2 aliphatic rings. The first-order chi connectivity index (χ1) is 16.9. The summed E-state index contributed by atoms with van der Waals surface area (Å²) in [6.45, 7) is 5.28. The zero-order chi connectivity index (χ0) is 24.5. The number of carbonyl (C=O) groups is 2. The summed E-state index contributed by atoms with van der Waals surface area (Å²) in [5, 5.41) is 3.52. The van der Waals surface area contributed by atoms with E-state index < -0.39 is 0 Å². The molecule has 182 valence electrons. The molecule has 3 N–H and O–H groups in total. The van der Waals surface area contributed by atoms with E-state index >= 15 is 0 Å². The molecule has 5 rings (SSSR count). The molecule has 1 saturated carbocycles. The van der Waals surface area contributed by atoms with Gasteiger partial charge in [0.2, 0.25) is 5.91 Å². The highest BCUT2D eigenvalue weighted by molar-refractivity contribution is 5.95. The van der Waals surface area contributed by atoms with Gasteiger partial charge in [-0.25, -0.2) is 4.98 Å². The highest BCUT2D eigenvalue weighted by Crippen LogP contribution is 2.23. The van der Waals surface area contributed by atoms with Gasteiger partial charge < -0.3 is 16.0 Å². The highest BCUT2D eigenvalue weighted by atomic mass is 16.2. The number of primary amides is 1. The predicted octanol–water partition coefficient (Wildman–Crippen LogP) is 1.58. The van der Waals surface area contributed by atoms with Gasteiger partial charge in [-0.05, 0) is 62.1 Å². The molecule has 3 aromatic rings. The number of nitrogens with zero attached hydrogens (tertiary/aromatic N) is 4. The molecule has 1 aromatic heterocycles. The number of benzene rings is 2. The van der Waals surface area contributed by atoms with Crippen LogP contribution in [0.15, 0.2) is 47.5 Å². The second kappa shape index (κ2) is 9.50. The minimum absolute atomic E-state index is 0.121. The van der Waals surface area contributed by atoms with Gasteiger partial charge >= 0.3 is 0 Å². The van der Waals surface area contributed by atoms with Crippen LogP contribution in [-0.4, -0.2) is 65.0 Å². The zero-order valence-electron chi connectivity index (χ0n) is 19.9. The van der Waals surface area contributed by atoms with Crippen LogP contribution in [0.1, 0.15) is 35.2 Å². The lowest BCUT2D eigenvalue weighted by Gasteiger charge is -2.23. The van der Waals surface area contributed by atoms with Crippen molar-refractivity contribution in [3.8, 4) is 5.69 Å². The van der Waals surface area contributed by atoms with Crippen molar-refractivity contribution in [1.82, 2.24) is 19.8 Å². The van der Waals surface area contributed by atoms with Gasteiger partial charge in [0.1, 0.15) is 6.33 Å². The number of aromatic nitrogens is 2. The van der Waals surface area contributed by atoms with Crippen LogP contribution in [0.25, 0.3) is 16.6 Å². The molecular formula is C26H30N6O3. The lowest BCUT2D eigenvalue weighted by Crippen LogP contribution is -2.36. The number of hydrogen-bond donors (Lipinski definition) is 2. The minimum Gasteiger partial charge on any atom is -0.370 e. The molecule has 1 aliphatic heterocycles. The van der Waals surface area contributed by atoms with Crippen LogP contribution in [0.2, 0.25) is 0 Å². The Morgan fingerprint density at radius 1 is 1.09 bits per heavy atom. The maximum Gasteiger partial charge on any atom is 0.265 e. The van der Waals surface area contributed by atoms with Gasteiger partial charge in [-0.2, -0.15) is 0 Å². The fraction of sp³-hybridized carbons (Fsp3) is 0.385. The summed E-state index contributed by atoms with van der Waals surface area (Å²) < 4.78 is 1.52. The molecule has 9 heteroatoms. The van der Waals surface area contributed by atoms with Crippen molar-refractivity contribution in [2.45, 2.75) is 32.2 Å². The van der Waals surface area contributed by atoms with E-state index in [0.717, 1.165) is 56.7 Å². The van der Waals surface area contributed by atoms with Crippen molar-refractivity contribution in [3.05, 3.63) is 64.2 Å².